The molecule has 0 aliphatic carbocycles. The van der Waals surface area contributed by atoms with Crippen molar-refractivity contribution in [2.24, 2.45) is 7.05 Å². The van der Waals surface area contributed by atoms with E-state index in [2.05, 4.69) is 15.7 Å². The lowest BCUT2D eigenvalue weighted by Crippen LogP contribution is -2.23. The van der Waals surface area contributed by atoms with E-state index < -0.39 is 5.91 Å². The van der Waals surface area contributed by atoms with Crippen LogP contribution in [0.5, 0.6) is 0 Å². The second-order valence-electron chi connectivity index (χ2n) is 4.47. The lowest BCUT2D eigenvalue weighted by atomic mass is 10.2. The minimum absolute atomic E-state index is 0.233. The number of aryl methyl sites for hydroxylation is 1. The first kappa shape index (κ1) is 16.3. The average Bonchev–Trinajstić information content (AvgIpc) is 2.80. The zero-order valence-corrected chi connectivity index (χ0v) is 13.5. The topological polar surface area (TPSA) is 76.0 Å². The van der Waals surface area contributed by atoms with Gasteiger partial charge >= 0.3 is 0 Å². The molecule has 1 aromatic heterocycles. The second-order valence-corrected chi connectivity index (χ2v) is 5.29. The Hall–Kier alpha value is -2.05. The summed E-state index contributed by atoms with van der Waals surface area (Å²) in [7, 11) is 1.61. The summed E-state index contributed by atoms with van der Waals surface area (Å²) in [6.07, 6.45) is 1.39. The molecule has 1 heterocycles. The molecule has 0 bridgehead atoms. The Kier molecular flexibility index (Phi) is 5.05. The number of anilines is 1. The first-order chi connectivity index (χ1) is 10.4. The number of amides is 2. The minimum atomic E-state index is -0.422. The van der Waals surface area contributed by atoms with Gasteiger partial charge in [-0.25, -0.2) is 0 Å². The van der Waals surface area contributed by atoms with Gasteiger partial charge in [0.2, 0.25) is 0 Å². The van der Waals surface area contributed by atoms with Crippen LogP contribution in [0.2, 0.25) is 10.0 Å². The lowest BCUT2D eigenvalue weighted by molar-refractivity contribution is 0.0954. The summed E-state index contributed by atoms with van der Waals surface area (Å²) in [6, 6.07) is 4.66. The molecule has 0 aliphatic heterocycles. The van der Waals surface area contributed by atoms with Gasteiger partial charge in [0.05, 0.1) is 21.8 Å². The molecule has 8 heteroatoms. The van der Waals surface area contributed by atoms with Crippen molar-refractivity contribution in [3.8, 4) is 0 Å². The second kappa shape index (κ2) is 6.81. The SMILES string of the molecule is CCNC(=O)c1cc(NC(=O)c2c(Cl)cnn2C)ccc1Cl. The minimum Gasteiger partial charge on any atom is -0.352 e. The molecule has 0 atom stereocenters. The highest BCUT2D eigenvalue weighted by Crippen LogP contribution is 2.22. The quantitative estimate of drug-likeness (QED) is 0.898. The van der Waals surface area contributed by atoms with Crippen LogP contribution in [0.4, 0.5) is 5.69 Å². The van der Waals surface area contributed by atoms with Gasteiger partial charge in [0.1, 0.15) is 5.69 Å². The molecule has 0 aliphatic rings. The van der Waals surface area contributed by atoms with Crippen molar-refractivity contribution in [3.05, 3.63) is 45.7 Å². The Bertz CT molecular complexity index is 708. The van der Waals surface area contributed by atoms with E-state index in [0.29, 0.717) is 17.3 Å². The predicted octanol–water partition coefficient (Wildman–Crippen LogP) is 2.73. The summed E-state index contributed by atoms with van der Waals surface area (Å²) in [5.74, 6) is -0.726. The first-order valence-corrected chi connectivity index (χ1v) is 7.26. The fourth-order valence-corrected chi connectivity index (χ4v) is 2.34. The fraction of sp³-hybridized carbons (Fsp3) is 0.214. The van der Waals surface area contributed by atoms with Crippen LogP contribution in [0, 0.1) is 0 Å². The summed E-state index contributed by atoms with van der Waals surface area (Å²) in [6.45, 7) is 2.29. The van der Waals surface area contributed by atoms with Gasteiger partial charge in [-0.05, 0) is 25.1 Å². The summed E-state index contributed by atoms with van der Waals surface area (Å²) in [5, 5.41) is 9.78. The molecule has 0 unspecified atom stereocenters. The van der Waals surface area contributed by atoms with Crippen molar-refractivity contribution < 1.29 is 9.59 Å². The molecular formula is C14H14Cl2N4O2. The number of nitrogens with one attached hydrogen (secondary N) is 2. The zero-order valence-electron chi connectivity index (χ0n) is 12.0. The highest BCUT2D eigenvalue weighted by molar-refractivity contribution is 6.34. The molecule has 2 aromatic rings. The highest BCUT2D eigenvalue weighted by Gasteiger charge is 2.17. The van der Waals surface area contributed by atoms with Gasteiger partial charge < -0.3 is 10.6 Å². The van der Waals surface area contributed by atoms with Crippen LogP contribution in [-0.2, 0) is 7.05 Å². The highest BCUT2D eigenvalue weighted by atomic mass is 35.5. The van der Waals surface area contributed by atoms with E-state index >= 15 is 0 Å². The third-order valence-corrected chi connectivity index (χ3v) is 3.52. The van der Waals surface area contributed by atoms with Crippen LogP contribution in [-0.4, -0.2) is 28.1 Å². The smallest absolute Gasteiger partial charge is 0.275 e. The van der Waals surface area contributed by atoms with Gasteiger partial charge in [-0.3, -0.25) is 14.3 Å². The van der Waals surface area contributed by atoms with Crippen molar-refractivity contribution in [1.29, 1.82) is 0 Å². The van der Waals surface area contributed by atoms with E-state index in [9.17, 15) is 9.59 Å². The maximum atomic E-state index is 12.2. The number of nitrogens with zero attached hydrogens (tertiary/aromatic N) is 2. The maximum absolute atomic E-state index is 12.2. The van der Waals surface area contributed by atoms with Crippen LogP contribution in [0.25, 0.3) is 0 Å². The molecule has 116 valence electrons. The van der Waals surface area contributed by atoms with Crippen LogP contribution >= 0.6 is 23.2 Å². The molecule has 6 nitrogen and oxygen atoms in total. The number of carbonyl (C=O) groups excluding carboxylic acids is 2. The molecule has 0 saturated carbocycles. The number of aromatic nitrogens is 2. The molecule has 1 aromatic carbocycles. The predicted molar refractivity (Wildman–Crippen MR) is 85.6 cm³/mol. The molecule has 22 heavy (non-hydrogen) atoms. The number of rotatable bonds is 4. The van der Waals surface area contributed by atoms with Gasteiger partial charge in [-0.1, -0.05) is 23.2 Å². The van der Waals surface area contributed by atoms with E-state index in [-0.39, 0.29) is 22.2 Å². The summed E-state index contributed by atoms with van der Waals surface area (Å²) in [5.41, 5.74) is 0.960. The van der Waals surface area contributed by atoms with Crippen LogP contribution in [0.15, 0.2) is 24.4 Å². The fourth-order valence-electron chi connectivity index (χ4n) is 1.89. The van der Waals surface area contributed by atoms with Gasteiger partial charge in [-0.2, -0.15) is 5.10 Å². The summed E-state index contributed by atoms with van der Waals surface area (Å²) >= 11 is 11.9. The lowest BCUT2D eigenvalue weighted by Gasteiger charge is -2.09. The zero-order chi connectivity index (χ0) is 16.3. The van der Waals surface area contributed by atoms with Crippen molar-refractivity contribution in [2.75, 3.05) is 11.9 Å². The largest absolute Gasteiger partial charge is 0.352 e. The standard InChI is InChI=1S/C14H14Cl2N4O2/c1-3-17-13(21)9-6-8(4-5-10(9)15)19-14(22)12-11(16)7-18-20(12)2/h4-7H,3H2,1-2H3,(H,17,21)(H,19,22). The molecule has 2 amide bonds. The summed E-state index contributed by atoms with van der Waals surface area (Å²) in [4.78, 5) is 24.1. The molecule has 0 radical (unpaired) electrons. The third kappa shape index (κ3) is 3.40. The third-order valence-electron chi connectivity index (χ3n) is 2.92. The van der Waals surface area contributed by atoms with Gasteiger partial charge in [0.25, 0.3) is 11.8 Å². The number of hydrogen-bond acceptors (Lipinski definition) is 3. The van der Waals surface area contributed by atoms with E-state index in [0.717, 1.165) is 0 Å². The average molecular weight is 341 g/mol. The van der Waals surface area contributed by atoms with Crippen LogP contribution < -0.4 is 10.6 Å². The number of hydrogen-bond donors (Lipinski definition) is 2. The molecule has 0 spiro atoms. The number of carbonyl (C=O) groups is 2. The Morgan fingerprint density at radius 3 is 2.55 bits per heavy atom. The van der Waals surface area contributed by atoms with Gasteiger partial charge in [-0.15, -0.1) is 0 Å². The van der Waals surface area contributed by atoms with Gasteiger partial charge in [0, 0.05) is 19.3 Å². The van der Waals surface area contributed by atoms with Crippen LogP contribution in [0.1, 0.15) is 27.8 Å². The van der Waals surface area contributed by atoms with Crippen molar-refractivity contribution in [1.82, 2.24) is 15.1 Å². The van der Waals surface area contributed by atoms with E-state index in [1.807, 2.05) is 6.92 Å². The first-order valence-electron chi connectivity index (χ1n) is 6.50. The molecule has 0 saturated heterocycles. The molecule has 0 fully saturated rings. The normalized spacial score (nSPS) is 10.4. The molecule has 2 N–H and O–H groups in total. The number of benzene rings is 1. The van der Waals surface area contributed by atoms with Crippen molar-refractivity contribution in [3.63, 3.8) is 0 Å². The van der Waals surface area contributed by atoms with Gasteiger partial charge in [0.15, 0.2) is 0 Å². The van der Waals surface area contributed by atoms with E-state index in [1.165, 1.54) is 16.9 Å². The Morgan fingerprint density at radius 1 is 1.23 bits per heavy atom. The number of halogens is 2. The van der Waals surface area contributed by atoms with Crippen molar-refractivity contribution >= 4 is 40.7 Å². The Labute approximate surface area is 137 Å². The summed E-state index contributed by atoms with van der Waals surface area (Å²) < 4.78 is 1.37. The maximum Gasteiger partial charge on any atom is 0.275 e. The monoisotopic (exact) mass is 340 g/mol. The van der Waals surface area contributed by atoms with E-state index in [4.69, 9.17) is 23.2 Å². The molecular weight excluding hydrogens is 327 g/mol. The Morgan fingerprint density at radius 2 is 1.95 bits per heavy atom. The van der Waals surface area contributed by atoms with E-state index in [1.54, 1.807) is 19.2 Å². The van der Waals surface area contributed by atoms with Crippen LogP contribution in [0.3, 0.4) is 0 Å². The molecule has 2 rings (SSSR count). The Balaban J connectivity index is 2.25. The van der Waals surface area contributed by atoms with Crippen molar-refractivity contribution in [2.45, 2.75) is 6.92 Å².